The van der Waals surface area contributed by atoms with E-state index in [2.05, 4.69) is 242 Å². The molecular formula is C111H120N6O3S15Se3. The van der Waals surface area contributed by atoms with Gasteiger partial charge in [0.15, 0.2) is 16.9 Å². The first kappa shape index (κ1) is 105. The smallest absolute Gasteiger partial charge is 0.116 e. The van der Waals surface area contributed by atoms with Crippen molar-refractivity contribution < 1.29 is 13.6 Å². The van der Waals surface area contributed by atoms with Crippen LogP contribution in [0.3, 0.4) is 0 Å². The van der Waals surface area contributed by atoms with Gasteiger partial charge in [0.25, 0.3) is 0 Å². The Hall–Kier alpha value is -6.17. The molecule has 19 aromatic heterocycles. The zero-order valence-electron chi connectivity index (χ0n) is 86.8. The summed E-state index contributed by atoms with van der Waals surface area (Å²) in [4.78, 5) is 34.5. The van der Waals surface area contributed by atoms with E-state index in [1.54, 1.807) is 46.8 Å². The van der Waals surface area contributed by atoms with E-state index in [1.165, 1.54) is 276 Å². The van der Waals surface area contributed by atoms with Crippen LogP contribution in [0.4, 0.5) is 11.4 Å². The van der Waals surface area contributed by atoms with Crippen molar-refractivity contribution in [3.05, 3.63) is 212 Å². The normalized spacial score (nSPS) is 11.8. The molecule has 9 nitrogen and oxygen atoms in total. The maximum atomic E-state index is 11.4. The molecule has 0 saturated carbocycles. The van der Waals surface area contributed by atoms with Crippen LogP contribution in [-0.4, -0.2) is 66.5 Å². The van der Waals surface area contributed by atoms with Crippen molar-refractivity contribution in [3.63, 3.8) is 0 Å². The van der Waals surface area contributed by atoms with Crippen LogP contribution >= 0.6 is 159 Å². The van der Waals surface area contributed by atoms with Crippen molar-refractivity contribution in [1.29, 1.82) is 0 Å². The minimum atomic E-state index is -0.0451. The zero-order chi connectivity index (χ0) is 100. The van der Waals surface area contributed by atoms with Gasteiger partial charge in [0, 0.05) is 109 Å². The van der Waals surface area contributed by atoms with Crippen LogP contribution in [0.15, 0.2) is 17.6 Å². The molecule has 0 aliphatic carbocycles. The van der Waals surface area contributed by atoms with E-state index in [9.17, 15) is 4.79 Å². The summed E-state index contributed by atoms with van der Waals surface area (Å²) in [6.07, 6.45) is 0. The minimum Gasteiger partial charge on any atom is -0.172 e. The van der Waals surface area contributed by atoms with Crippen LogP contribution in [-0.2, 0) is 11.4 Å². The van der Waals surface area contributed by atoms with E-state index in [0.717, 1.165) is 83.3 Å². The van der Waals surface area contributed by atoms with Crippen molar-refractivity contribution in [2.24, 2.45) is 8.73 Å². The predicted molar refractivity (Wildman–Crippen MR) is 631 cm³/mol. The number of benzene rings is 3. The van der Waals surface area contributed by atoms with E-state index in [1.807, 2.05) is 164 Å². The number of hydrogen-bond acceptors (Lipinski definition) is 23. The molecule has 0 fully saturated rings. The molecule has 0 N–H and O–H groups in total. The molecule has 0 saturated heterocycles. The van der Waals surface area contributed by atoms with E-state index in [0.29, 0.717) is 29.0 Å². The Morgan fingerprint density at radius 1 is 0.246 bits per heavy atom. The number of thiophene rings is 13. The van der Waals surface area contributed by atoms with Gasteiger partial charge in [0.05, 0.1) is 57.9 Å². The third-order valence-corrected chi connectivity index (χ3v) is 55.0. The van der Waals surface area contributed by atoms with E-state index < -0.39 is 0 Å². The molecule has 0 spiro atoms. The van der Waals surface area contributed by atoms with Gasteiger partial charge in [-0.3, -0.25) is 4.79 Å². The Labute approximate surface area is 890 Å². The van der Waals surface area contributed by atoms with Crippen molar-refractivity contribution in [1.82, 2.24) is 16.7 Å². The molecule has 22 aromatic rings. The largest absolute Gasteiger partial charge is 0.172 e. The quantitative estimate of drug-likeness (QED) is 0.124. The molecule has 20 heterocycles. The topological polar surface area (TPSA) is 120 Å². The number of hydrogen-bond donors (Lipinski definition) is 0. The fourth-order valence-corrected chi connectivity index (χ4v) is 43.4. The van der Waals surface area contributed by atoms with Gasteiger partial charge in [-0.25, -0.2) is 0 Å². The molecule has 0 bridgehead atoms. The van der Waals surface area contributed by atoms with Crippen LogP contribution in [0.1, 0.15) is 223 Å². The van der Waals surface area contributed by atoms with Gasteiger partial charge < -0.3 is 8.83 Å². The van der Waals surface area contributed by atoms with Gasteiger partial charge in [0.2, 0.25) is 0 Å². The van der Waals surface area contributed by atoms with Gasteiger partial charge in [-0.1, -0.05) is 0 Å². The van der Waals surface area contributed by atoms with Gasteiger partial charge in [-0.05, 0) is 266 Å². The molecule has 27 heteroatoms. The summed E-state index contributed by atoms with van der Waals surface area (Å²) in [5.74, 6) is 2.09. The summed E-state index contributed by atoms with van der Waals surface area (Å²) in [7, 11) is 0. The molecule has 1 aliphatic rings. The first-order valence-electron chi connectivity index (χ1n) is 46.1. The first-order chi connectivity index (χ1) is 65.0. The maximum absolute atomic E-state index is 11.4. The maximum Gasteiger partial charge on any atom is 0.116 e. The number of nitrogens with zero attached hydrogens (tertiary/aromatic N) is 6. The summed E-state index contributed by atoms with van der Waals surface area (Å²) in [6.45, 7) is 87.5. The molecule has 1 aliphatic heterocycles. The second-order valence-electron chi connectivity index (χ2n) is 37.0. The first-order valence-corrected chi connectivity index (χ1v) is 63.1. The number of carbonyl (C=O) groups is 1. The van der Waals surface area contributed by atoms with Crippen LogP contribution in [0.2, 0.25) is 0 Å². The fraction of sp³-hybridized carbons (Fsp3) is 0.360. The number of Topliss-reactive ketones (excluding diaryl/α,β-unsaturated/α-hetero) is 1. The Kier molecular flexibility index (Phi) is 30.9. The SMILES string of the molecule is CC(=O)c1sc2c(C)sc(C)c2c1C.Cc1[se]c2c(C)c(C)[se]c2c1C.Cc1oc2c(C)c(C)oc2c1C.Cc1sc(-c2c(C)c(C)c(-c3sc(C)c(C)c3C)c3n[se]nc23)c(C)c1C.Cc1sc(-c2c3c(c(-c4sc(C)c(C)c4C)c4nsnc24)N=S=N3)c(C)c1C.Cc1sc2c(C)c(C)sc2c1C.Cc1sc2c(C)c3c(C)c(C)sc3c(C)c2c1C.Cc1sc2c(sc3c(C)c(C)sc32)c1C. The van der Waals surface area contributed by atoms with Crippen LogP contribution in [0.5, 0.6) is 0 Å². The van der Waals surface area contributed by atoms with Crippen molar-refractivity contribution >= 4 is 332 Å². The number of carbonyl (C=O) groups excluding carboxylic acids is 1. The number of ketones is 1. The average Bonchev–Trinajstić information content (AvgIpc) is 1.53. The van der Waals surface area contributed by atoms with Gasteiger partial charge in [0.1, 0.15) is 33.9 Å². The van der Waals surface area contributed by atoms with Crippen molar-refractivity contribution in [2.45, 2.75) is 277 Å². The standard InChI is InChI=1S/C22H24N2S2Se.C20H18N4S4.C16H18S2.C12H12S3.C11H12OS2.C10H12O2.C10H12S2.C10H12Se2/c1-9-13(5)21(25-15(9)7)17-11(3)12(4)18(20-19(17)23-27-24-20)22-14(6)10(2)16(8)26-22;1-7-9(3)19(25-11(7)5)13-15-17(23-27-21-15)14(18-16(13)22-28-24-18)20-10(4)8(2)12(6)26-20;1-7-11(5)17-15-10(4)14-8(2)12(6)18-16(14)9(3)13(7)15;1-5-7(3)13-11-9(5)15-10-6(2)8(4)14-12(10)11;1-5-9-7(3)13-8(4)11(9)14-10(5)6(2)12;3*1-5-7(3)11-10-6(2)8(4)12-9(5)10/h1-8H3;1-6H3;1-6H3;1-4H3;1-4H3;3*1-4H3. The van der Waals surface area contributed by atoms with Gasteiger partial charge in [-0.15, -0.1) is 125 Å². The molecule has 0 amide bonds. The third-order valence-electron chi connectivity index (χ3n) is 28.9. The third kappa shape index (κ3) is 18.2. The number of fused-ring (bicyclic) bond motifs is 12. The van der Waals surface area contributed by atoms with Crippen LogP contribution < -0.4 is 0 Å². The van der Waals surface area contributed by atoms with E-state index in [4.69, 9.17) is 34.3 Å². The number of aryl methyl sites for hydroxylation is 29. The number of aromatic nitrogens is 4. The second-order valence-corrected chi connectivity index (χ2v) is 60.0. The molecule has 138 heavy (non-hydrogen) atoms. The summed E-state index contributed by atoms with van der Waals surface area (Å²) in [5.41, 5.74) is 44.8. The Morgan fingerprint density at radius 3 is 0.884 bits per heavy atom. The van der Waals surface area contributed by atoms with E-state index >= 15 is 0 Å². The Bertz CT molecular complexity index is 8150. The van der Waals surface area contributed by atoms with Crippen LogP contribution in [0, 0.1) is 270 Å². The predicted octanol–water partition coefficient (Wildman–Crippen LogP) is 39.4. The summed E-state index contributed by atoms with van der Waals surface area (Å²) in [5, 5.41) is 4.32. The summed E-state index contributed by atoms with van der Waals surface area (Å²) < 4.78 is 60.0. The number of furan rings is 2. The minimum absolute atomic E-state index is 0.0451. The molecular weight excluding hydrogens is 2180 g/mol. The molecule has 720 valence electrons. The Balaban J connectivity index is 0.000000117. The molecule has 3 aromatic carbocycles. The Morgan fingerprint density at radius 2 is 0.558 bits per heavy atom. The zero-order valence-corrected chi connectivity index (χ0v) is 104. The molecule has 0 radical (unpaired) electrons. The summed E-state index contributed by atoms with van der Waals surface area (Å²) in [6, 6.07) is 0. The number of rotatable bonds is 5. The van der Waals surface area contributed by atoms with Crippen molar-refractivity contribution in [2.75, 3.05) is 0 Å². The van der Waals surface area contributed by atoms with Gasteiger partial charge in [-0.2, -0.15) is 17.5 Å². The fourth-order valence-electron chi connectivity index (χ4n) is 18.1. The average molecular weight is 2300 g/mol. The molecule has 0 unspecified atom stereocenters. The second kappa shape index (κ2) is 40.7. The molecule has 23 rings (SSSR count). The monoisotopic (exact) mass is 2300 g/mol. The van der Waals surface area contributed by atoms with Crippen molar-refractivity contribution in [3.8, 4) is 41.8 Å². The summed E-state index contributed by atoms with van der Waals surface area (Å²) >= 11 is 28.4. The van der Waals surface area contributed by atoms with E-state index in [-0.39, 0.29) is 20.7 Å². The molecule has 0 atom stereocenters. The van der Waals surface area contributed by atoms with Crippen LogP contribution in [0.25, 0.3) is 142 Å². The van der Waals surface area contributed by atoms with Gasteiger partial charge >= 0.3 is 261 Å².